The Balaban J connectivity index is 1.81. The van der Waals surface area contributed by atoms with Gasteiger partial charge in [0.1, 0.15) is 16.5 Å². The maximum atomic E-state index is 13.0. The molecule has 0 saturated heterocycles. The summed E-state index contributed by atoms with van der Waals surface area (Å²) in [5, 5.41) is 1.19. The predicted octanol–water partition coefficient (Wildman–Crippen LogP) is 1.41. The molecule has 0 aliphatic rings. The minimum Gasteiger partial charge on any atom is -0.316 e. The lowest BCUT2D eigenvalue weighted by atomic mass is 10.2. The molecule has 6 heteroatoms. The monoisotopic (exact) mass is 359 g/mol. The molecule has 0 saturated carbocycles. The molecule has 0 unspecified atom stereocenters. The van der Waals surface area contributed by atoms with E-state index in [1.54, 1.807) is 6.07 Å². The van der Waals surface area contributed by atoms with Crippen molar-refractivity contribution < 1.29 is 4.39 Å². The number of halogens is 1. The van der Waals surface area contributed by atoms with E-state index in [1.165, 1.54) is 36.4 Å². The van der Waals surface area contributed by atoms with Crippen molar-refractivity contribution in [1.29, 1.82) is 0 Å². The topological polar surface area (TPSA) is 78.6 Å². The molecule has 0 aliphatic carbocycles. The second-order valence-corrected chi connectivity index (χ2v) is 6.00. The lowest BCUT2D eigenvalue weighted by Gasteiger charge is -1.98. The highest BCUT2D eigenvalue weighted by atomic mass is 19.1. The summed E-state index contributed by atoms with van der Waals surface area (Å²) in [7, 11) is 0. The number of aromatic amines is 2. The van der Waals surface area contributed by atoms with Crippen molar-refractivity contribution in [2.75, 3.05) is 0 Å². The normalized spacial score (nSPS) is 12.6. The molecule has 0 atom stereocenters. The highest BCUT2D eigenvalue weighted by Crippen LogP contribution is 2.11. The van der Waals surface area contributed by atoms with Gasteiger partial charge in [-0.05, 0) is 42.0 Å². The largest absolute Gasteiger partial charge is 0.316 e. The van der Waals surface area contributed by atoms with Crippen molar-refractivity contribution in [3.63, 3.8) is 0 Å². The van der Waals surface area contributed by atoms with E-state index >= 15 is 0 Å². The third-order valence-corrected chi connectivity index (χ3v) is 4.08. The van der Waals surface area contributed by atoms with Crippen LogP contribution in [0.2, 0.25) is 0 Å². The molecule has 0 amide bonds. The first kappa shape index (κ1) is 16.7. The van der Waals surface area contributed by atoms with E-state index in [0.717, 1.165) is 10.9 Å². The zero-order valence-corrected chi connectivity index (χ0v) is 14.1. The van der Waals surface area contributed by atoms with Crippen LogP contribution in [0.15, 0.2) is 70.3 Å². The minimum atomic E-state index is -0.453. The van der Waals surface area contributed by atoms with E-state index in [1.807, 2.05) is 30.3 Å². The van der Waals surface area contributed by atoms with Crippen molar-refractivity contribution in [1.82, 2.24) is 15.0 Å². The fraction of sp³-hybridized carbons (Fsp3) is 0. The van der Waals surface area contributed by atoms with E-state index in [0.29, 0.717) is 11.3 Å². The van der Waals surface area contributed by atoms with E-state index in [-0.39, 0.29) is 16.5 Å². The Bertz CT molecular complexity index is 1370. The smallest absolute Gasteiger partial charge is 0.272 e. The van der Waals surface area contributed by atoms with Gasteiger partial charge in [0, 0.05) is 5.39 Å². The SMILES string of the molecule is O=c1[nH]/c(=C/c2ccc(F)cc2)c(=O)[nH]/c1=C\c1ccc2ccccc2n1. The van der Waals surface area contributed by atoms with Gasteiger partial charge in [0.05, 0.1) is 11.2 Å². The summed E-state index contributed by atoms with van der Waals surface area (Å²) in [6.45, 7) is 0. The molecule has 5 nitrogen and oxygen atoms in total. The molecule has 4 aromatic rings. The van der Waals surface area contributed by atoms with Crippen LogP contribution in [0.4, 0.5) is 4.39 Å². The Morgan fingerprint density at radius 1 is 0.778 bits per heavy atom. The average molecular weight is 359 g/mol. The standard InChI is InChI=1S/C21H14FN3O2/c22-15-8-5-13(6-9-15)11-18-20(26)25-19(21(27)24-18)12-16-10-7-14-3-1-2-4-17(14)23-16/h1-12H,(H,24,27)(H,25,26)/b18-11+,19-12-. The van der Waals surface area contributed by atoms with Crippen LogP contribution in [0.25, 0.3) is 23.1 Å². The number of nitrogens with zero attached hydrogens (tertiary/aromatic N) is 1. The summed E-state index contributed by atoms with van der Waals surface area (Å²) < 4.78 is 13.0. The third kappa shape index (κ3) is 3.59. The maximum absolute atomic E-state index is 13.0. The summed E-state index contributed by atoms with van der Waals surface area (Å²) in [4.78, 5) is 34.2. The maximum Gasteiger partial charge on any atom is 0.272 e. The van der Waals surface area contributed by atoms with Crippen LogP contribution in [0.1, 0.15) is 11.3 Å². The van der Waals surface area contributed by atoms with Crippen molar-refractivity contribution in [2.24, 2.45) is 0 Å². The van der Waals surface area contributed by atoms with Crippen molar-refractivity contribution in [2.45, 2.75) is 0 Å². The first-order valence-corrected chi connectivity index (χ1v) is 8.26. The molecular formula is C21H14FN3O2. The fourth-order valence-electron chi connectivity index (χ4n) is 2.73. The van der Waals surface area contributed by atoms with Gasteiger partial charge in [0.15, 0.2) is 0 Å². The van der Waals surface area contributed by atoms with Crippen LogP contribution in [-0.4, -0.2) is 15.0 Å². The number of rotatable bonds is 2. The second-order valence-electron chi connectivity index (χ2n) is 6.00. The Kier molecular flexibility index (Phi) is 4.22. The number of aromatic nitrogens is 3. The van der Waals surface area contributed by atoms with Crippen molar-refractivity contribution in [3.05, 3.63) is 109 Å². The minimum absolute atomic E-state index is 0.0928. The molecule has 0 aliphatic heterocycles. The van der Waals surface area contributed by atoms with Gasteiger partial charge in [-0.25, -0.2) is 9.37 Å². The van der Waals surface area contributed by atoms with Crippen LogP contribution in [0.5, 0.6) is 0 Å². The molecular weight excluding hydrogens is 345 g/mol. The number of nitrogens with one attached hydrogen (secondary N) is 2. The Morgan fingerprint density at radius 2 is 1.44 bits per heavy atom. The Hall–Kier alpha value is -3.80. The van der Waals surface area contributed by atoms with E-state index in [4.69, 9.17) is 0 Å². The Morgan fingerprint density at radius 3 is 2.19 bits per heavy atom. The summed E-state index contributed by atoms with van der Waals surface area (Å²) in [5.41, 5.74) is 1.06. The molecule has 0 fully saturated rings. The van der Waals surface area contributed by atoms with Crippen LogP contribution < -0.4 is 21.8 Å². The van der Waals surface area contributed by atoms with E-state index in [2.05, 4.69) is 15.0 Å². The van der Waals surface area contributed by atoms with Gasteiger partial charge in [0.2, 0.25) is 0 Å². The number of pyridine rings is 1. The summed E-state index contributed by atoms with van der Waals surface area (Å²) in [6, 6.07) is 16.9. The number of hydrogen-bond acceptors (Lipinski definition) is 3. The summed E-state index contributed by atoms with van der Waals surface area (Å²) in [6.07, 6.45) is 3.01. The quantitative estimate of drug-likeness (QED) is 0.568. The molecule has 132 valence electrons. The fourth-order valence-corrected chi connectivity index (χ4v) is 2.73. The number of fused-ring (bicyclic) bond motifs is 1. The number of para-hydroxylation sites is 1. The molecule has 2 heterocycles. The summed E-state index contributed by atoms with van der Waals surface area (Å²) in [5.74, 6) is -0.373. The second kappa shape index (κ2) is 6.84. The molecule has 4 rings (SSSR count). The Labute approximate surface area is 152 Å². The van der Waals surface area contributed by atoms with Gasteiger partial charge in [-0.15, -0.1) is 0 Å². The molecule has 0 spiro atoms. The number of hydrogen-bond donors (Lipinski definition) is 2. The number of H-pyrrole nitrogens is 2. The highest BCUT2D eigenvalue weighted by molar-refractivity contribution is 5.79. The predicted molar refractivity (Wildman–Crippen MR) is 102 cm³/mol. The van der Waals surface area contributed by atoms with E-state index < -0.39 is 11.1 Å². The zero-order chi connectivity index (χ0) is 18.8. The van der Waals surface area contributed by atoms with Crippen LogP contribution in [-0.2, 0) is 0 Å². The zero-order valence-electron chi connectivity index (χ0n) is 14.1. The third-order valence-electron chi connectivity index (χ3n) is 4.08. The molecule has 0 radical (unpaired) electrons. The molecule has 27 heavy (non-hydrogen) atoms. The highest BCUT2D eigenvalue weighted by Gasteiger charge is 1.99. The van der Waals surface area contributed by atoms with Crippen molar-refractivity contribution >= 4 is 23.1 Å². The lowest BCUT2D eigenvalue weighted by Crippen LogP contribution is -2.46. The van der Waals surface area contributed by atoms with Gasteiger partial charge >= 0.3 is 0 Å². The van der Waals surface area contributed by atoms with Gasteiger partial charge < -0.3 is 9.97 Å². The molecule has 2 aromatic heterocycles. The number of benzene rings is 2. The van der Waals surface area contributed by atoms with Gasteiger partial charge in [-0.3, -0.25) is 9.59 Å². The van der Waals surface area contributed by atoms with Gasteiger partial charge in [0.25, 0.3) is 11.1 Å². The van der Waals surface area contributed by atoms with Crippen LogP contribution >= 0.6 is 0 Å². The van der Waals surface area contributed by atoms with Crippen LogP contribution in [0, 0.1) is 5.82 Å². The van der Waals surface area contributed by atoms with E-state index in [9.17, 15) is 14.0 Å². The summed E-state index contributed by atoms with van der Waals surface area (Å²) >= 11 is 0. The van der Waals surface area contributed by atoms with Crippen molar-refractivity contribution in [3.8, 4) is 0 Å². The molecule has 2 N–H and O–H groups in total. The first-order chi connectivity index (χ1) is 13.1. The average Bonchev–Trinajstić information content (AvgIpc) is 2.67. The molecule has 0 bridgehead atoms. The van der Waals surface area contributed by atoms with Gasteiger partial charge in [-0.2, -0.15) is 0 Å². The van der Waals surface area contributed by atoms with Crippen LogP contribution in [0.3, 0.4) is 0 Å². The first-order valence-electron chi connectivity index (χ1n) is 8.26. The van der Waals surface area contributed by atoms with Gasteiger partial charge in [-0.1, -0.05) is 36.4 Å². The lowest BCUT2D eigenvalue weighted by molar-refractivity contribution is 0.628. The molecule has 2 aromatic carbocycles.